The summed E-state index contributed by atoms with van der Waals surface area (Å²) >= 11 is 0. The predicted octanol–water partition coefficient (Wildman–Crippen LogP) is 6.32. The summed E-state index contributed by atoms with van der Waals surface area (Å²) in [5.74, 6) is 0.604. The molecule has 29 heavy (non-hydrogen) atoms. The molecule has 0 aliphatic rings. The molecule has 0 saturated carbocycles. The second kappa shape index (κ2) is 18.4. The van der Waals surface area contributed by atoms with Crippen molar-refractivity contribution in [3.63, 3.8) is 0 Å². The highest BCUT2D eigenvalue weighted by Crippen LogP contribution is 2.17. The van der Waals surface area contributed by atoms with Crippen LogP contribution in [0, 0.1) is 10.1 Å². The quantitative estimate of drug-likeness (QED) is 0.143. The molecule has 0 aromatic heterocycles. The Bertz CT molecular complexity index is 506. The van der Waals surface area contributed by atoms with Crippen molar-refractivity contribution < 1.29 is 19.1 Å². The molecule has 0 aliphatic carbocycles. The van der Waals surface area contributed by atoms with E-state index in [1.807, 2.05) is 0 Å². The summed E-state index contributed by atoms with van der Waals surface area (Å²) in [6.45, 7) is 5.12. The van der Waals surface area contributed by atoms with Crippen LogP contribution in [0.15, 0.2) is 24.3 Å². The zero-order valence-corrected chi connectivity index (χ0v) is 18.1. The van der Waals surface area contributed by atoms with Crippen molar-refractivity contribution in [2.45, 2.75) is 77.6 Å². The normalized spacial score (nSPS) is 10.9. The van der Waals surface area contributed by atoms with Gasteiger partial charge < -0.3 is 14.2 Å². The first-order chi connectivity index (χ1) is 14.2. The van der Waals surface area contributed by atoms with Gasteiger partial charge in [0.1, 0.15) is 12.4 Å². The molecule has 0 fully saturated rings. The van der Waals surface area contributed by atoms with Gasteiger partial charge in [0.2, 0.25) is 0 Å². The molecule has 1 aromatic rings. The van der Waals surface area contributed by atoms with E-state index in [0.29, 0.717) is 32.2 Å². The lowest BCUT2D eigenvalue weighted by atomic mass is 10.1. The van der Waals surface area contributed by atoms with Crippen LogP contribution in [0.3, 0.4) is 0 Å². The number of ether oxygens (including phenoxy) is 3. The Morgan fingerprint density at radius 2 is 1.17 bits per heavy atom. The lowest BCUT2D eigenvalue weighted by Gasteiger charge is -2.08. The maximum Gasteiger partial charge on any atom is 0.269 e. The lowest BCUT2D eigenvalue weighted by Crippen LogP contribution is -2.11. The van der Waals surface area contributed by atoms with E-state index in [9.17, 15) is 10.1 Å². The molecule has 1 rings (SSSR count). The number of rotatable bonds is 20. The van der Waals surface area contributed by atoms with Gasteiger partial charge in [0.25, 0.3) is 5.69 Å². The second-order valence-corrected chi connectivity index (χ2v) is 7.36. The highest BCUT2D eigenvalue weighted by atomic mass is 16.6. The summed E-state index contributed by atoms with van der Waals surface area (Å²) in [7, 11) is 0. The average molecular weight is 410 g/mol. The Labute approximate surface area is 176 Å². The summed E-state index contributed by atoms with van der Waals surface area (Å²) < 4.78 is 16.5. The first kappa shape index (κ1) is 25.4. The minimum atomic E-state index is -0.427. The van der Waals surface area contributed by atoms with Crippen molar-refractivity contribution >= 4 is 5.69 Å². The van der Waals surface area contributed by atoms with E-state index < -0.39 is 4.92 Å². The van der Waals surface area contributed by atoms with E-state index >= 15 is 0 Å². The Kier molecular flexibility index (Phi) is 16.1. The molecule has 0 spiro atoms. The van der Waals surface area contributed by atoms with Crippen molar-refractivity contribution in [2.75, 3.05) is 33.0 Å². The summed E-state index contributed by atoms with van der Waals surface area (Å²) in [4.78, 5) is 10.2. The SMILES string of the molecule is CCCCCCCCCCCCCOCCOCCOc1ccc([N+](=O)[O-])cc1. The second-order valence-electron chi connectivity index (χ2n) is 7.36. The fraction of sp³-hybridized carbons (Fsp3) is 0.739. The molecular formula is C23H39NO5. The monoisotopic (exact) mass is 409 g/mol. The summed E-state index contributed by atoms with van der Waals surface area (Å²) in [6, 6.07) is 6.04. The van der Waals surface area contributed by atoms with Gasteiger partial charge in [0.15, 0.2) is 0 Å². The van der Waals surface area contributed by atoms with Crippen LogP contribution >= 0.6 is 0 Å². The number of hydrogen-bond acceptors (Lipinski definition) is 5. The molecule has 0 aliphatic heterocycles. The standard InChI is InChI=1S/C23H39NO5/c1-2-3-4-5-6-7-8-9-10-11-12-17-27-18-19-28-20-21-29-23-15-13-22(14-16-23)24(25)26/h13-16H,2-12,17-21H2,1H3. The zero-order chi connectivity index (χ0) is 21.0. The molecule has 0 atom stereocenters. The van der Waals surface area contributed by atoms with Crippen LogP contribution in [0.4, 0.5) is 5.69 Å². The first-order valence-electron chi connectivity index (χ1n) is 11.3. The van der Waals surface area contributed by atoms with Crippen LogP contribution in [0.25, 0.3) is 0 Å². The molecule has 0 unspecified atom stereocenters. The number of benzene rings is 1. The Morgan fingerprint density at radius 1 is 0.690 bits per heavy atom. The van der Waals surface area contributed by atoms with E-state index in [4.69, 9.17) is 14.2 Å². The van der Waals surface area contributed by atoms with Gasteiger partial charge in [0, 0.05) is 18.7 Å². The van der Waals surface area contributed by atoms with Gasteiger partial charge in [-0.3, -0.25) is 10.1 Å². The maximum absolute atomic E-state index is 10.6. The number of hydrogen-bond donors (Lipinski definition) is 0. The molecule has 0 radical (unpaired) electrons. The third kappa shape index (κ3) is 14.9. The lowest BCUT2D eigenvalue weighted by molar-refractivity contribution is -0.384. The van der Waals surface area contributed by atoms with Crippen LogP contribution < -0.4 is 4.74 Å². The van der Waals surface area contributed by atoms with Gasteiger partial charge in [-0.1, -0.05) is 71.1 Å². The first-order valence-corrected chi connectivity index (χ1v) is 11.3. The van der Waals surface area contributed by atoms with Crippen molar-refractivity contribution in [3.05, 3.63) is 34.4 Å². The van der Waals surface area contributed by atoms with Crippen molar-refractivity contribution in [2.24, 2.45) is 0 Å². The van der Waals surface area contributed by atoms with Crippen LogP contribution in [0.2, 0.25) is 0 Å². The number of unbranched alkanes of at least 4 members (excludes halogenated alkanes) is 10. The van der Waals surface area contributed by atoms with E-state index in [2.05, 4.69) is 6.92 Å². The zero-order valence-electron chi connectivity index (χ0n) is 18.1. The van der Waals surface area contributed by atoms with Gasteiger partial charge in [0.05, 0.1) is 24.7 Å². The molecule has 166 valence electrons. The Morgan fingerprint density at radius 3 is 1.72 bits per heavy atom. The number of nitro benzene ring substituents is 1. The fourth-order valence-electron chi connectivity index (χ4n) is 3.07. The fourth-order valence-corrected chi connectivity index (χ4v) is 3.07. The third-order valence-corrected chi connectivity index (χ3v) is 4.81. The highest BCUT2D eigenvalue weighted by Gasteiger charge is 2.04. The molecule has 0 N–H and O–H groups in total. The highest BCUT2D eigenvalue weighted by molar-refractivity contribution is 5.35. The molecule has 0 amide bonds. The summed E-state index contributed by atoms with van der Waals surface area (Å²) in [6.07, 6.45) is 14.8. The number of nitrogens with zero attached hydrogens (tertiary/aromatic N) is 1. The minimum Gasteiger partial charge on any atom is -0.491 e. The summed E-state index contributed by atoms with van der Waals surface area (Å²) in [5.41, 5.74) is 0.0588. The molecule has 0 bridgehead atoms. The molecule has 6 nitrogen and oxygen atoms in total. The van der Waals surface area contributed by atoms with Gasteiger partial charge in [-0.2, -0.15) is 0 Å². The van der Waals surface area contributed by atoms with Crippen molar-refractivity contribution in [1.29, 1.82) is 0 Å². The van der Waals surface area contributed by atoms with E-state index in [1.165, 1.54) is 76.3 Å². The topological polar surface area (TPSA) is 70.8 Å². The molecule has 0 heterocycles. The van der Waals surface area contributed by atoms with Gasteiger partial charge in [-0.05, 0) is 18.6 Å². The van der Waals surface area contributed by atoms with E-state index in [-0.39, 0.29) is 5.69 Å². The van der Waals surface area contributed by atoms with Crippen LogP contribution in [-0.4, -0.2) is 38.0 Å². The average Bonchev–Trinajstić information content (AvgIpc) is 2.73. The summed E-state index contributed by atoms with van der Waals surface area (Å²) in [5, 5.41) is 10.6. The molecular weight excluding hydrogens is 370 g/mol. The maximum atomic E-state index is 10.6. The molecule has 1 aromatic carbocycles. The van der Waals surface area contributed by atoms with Crippen LogP contribution in [-0.2, 0) is 9.47 Å². The van der Waals surface area contributed by atoms with Gasteiger partial charge in [-0.15, -0.1) is 0 Å². The molecule has 6 heteroatoms. The van der Waals surface area contributed by atoms with Crippen LogP contribution in [0.5, 0.6) is 5.75 Å². The Balaban J connectivity index is 1.77. The van der Waals surface area contributed by atoms with Crippen LogP contribution in [0.1, 0.15) is 77.6 Å². The largest absolute Gasteiger partial charge is 0.491 e. The number of non-ortho nitro benzene ring substituents is 1. The van der Waals surface area contributed by atoms with Gasteiger partial charge >= 0.3 is 0 Å². The number of nitro groups is 1. The predicted molar refractivity (Wildman–Crippen MR) is 117 cm³/mol. The van der Waals surface area contributed by atoms with Crippen molar-refractivity contribution in [1.82, 2.24) is 0 Å². The smallest absolute Gasteiger partial charge is 0.269 e. The van der Waals surface area contributed by atoms with Gasteiger partial charge in [-0.25, -0.2) is 0 Å². The minimum absolute atomic E-state index is 0.0588. The van der Waals surface area contributed by atoms with E-state index in [1.54, 1.807) is 12.1 Å². The molecule has 0 saturated heterocycles. The third-order valence-electron chi connectivity index (χ3n) is 4.81. The Hall–Kier alpha value is -1.66. The van der Waals surface area contributed by atoms with E-state index in [0.717, 1.165) is 13.0 Å². The van der Waals surface area contributed by atoms with Crippen molar-refractivity contribution in [3.8, 4) is 5.75 Å².